The van der Waals surface area contributed by atoms with Gasteiger partial charge in [-0.2, -0.15) is 0 Å². The van der Waals surface area contributed by atoms with Gasteiger partial charge in [-0.05, 0) is 36.3 Å². The third-order valence-electron chi connectivity index (χ3n) is 3.32. The highest BCUT2D eigenvalue weighted by atomic mass is 32.2. The summed E-state index contributed by atoms with van der Waals surface area (Å²) in [6.45, 7) is 2.35. The average molecular weight is 341 g/mol. The Morgan fingerprint density at radius 1 is 1.26 bits per heavy atom. The minimum Gasteiger partial charge on any atom is -0.467 e. The number of allylic oxidation sites excluding steroid dienone is 2. The van der Waals surface area contributed by atoms with Crippen LogP contribution in [0.5, 0.6) is 0 Å². The van der Waals surface area contributed by atoms with E-state index in [9.17, 15) is 4.79 Å². The summed E-state index contributed by atoms with van der Waals surface area (Å²) in [7, 11) is 0. The topological polar surface area (TPSA) is 33.5 Å². The summed E-state index contributed by atoms with van der Waals surface area (Å²) in [4.78, 5) is 14.7. The van der Waals surface area contributed by atoms with E-state index >= 15 is 0 Å². The average Bonchev–Trinajstić information content (AvgIpc) is 3.13. The van der Waals surface area contributed by atoms with E-state index in [4.69, 9.17) is 16.6 Å². The molecule has 1 aromatic carbocycles. The lowest BCUT2D eigenvalue weighted by Gasteiger charge is -2.11. The molecule has 2 heterocycles. The van der Waals surface area contributed by atoms with E-state index in [1.54, 1.807) is 17.2 Å². The fraction of sp³-hybridized carbons (Fsp3) is 0.111. The number of hydrogen-bond donors (Lipinski definition) is 0. The van der Waals surface area contributed by atoms with Crippen molar-refractivity contribution in [2.75, 3.05) is 0 Å². The predicted molar refractivity (Wildman–Crippen MR) is 97.6 cm³/mol. The molecule has 0 bridgehead atoms. The Morgan fingerprint density at radius 2 is 2.04 bits per heavy atom. The minimum atomic E-state index is -0.0720. The van der Waals surface area contributed by atoms with Gasteiger partial charge in [0.25, 0.3) is 5.91 Å². The highest BCUT2D eigenvalue weighted by Gasteiger charge is 2.32. The van der Waals surface area contributed by atoms with Crippen molar-refractivity contribution in [1.82, 2.24) is 4.90 Å². The van der Waals surface area contributed by atoms with Gasteiger partial charge >= 0.3 is 0 Å². The first-order valence-corrected chi connectivity index (χ1v) is 8.37. The molecule has 0 spiro atoms. The van der Waals surface area contributed by atoms with Crippen LogP contribution < -0.4 is 0 Å². The molecule has 3 rings (SSSR count). The molecule has 1 saturated heterocycles. The minimum absolute atomic E-state index is 0.0720. The van der Waals surface area contributed by atoms with Crippen molar-refractivity contribution in [3.05, 3.63) is 76.6 Å². The number of carbonyl (C=O) groups is 1. The first kappa shape index (κ1) is 15.8. The van der Waals surface area contributed by atoms with Crippen LogP contribution in [0.2, 0.25) is 0 Å². The highest BCUT2D eigenvalue weighted by molar-refractivity contribution is 8.26. The molecular formula is C18H15NO2S2. The van der Waals surface area contributed by atoms with Gasteiger partial charge in [-0.1, -0.05) is 60.4 Å². The number of hydrogen-bond acceptors (Lipinski definition) is 4. The van der Waals surface area contributed by atoms with Crippen LogP contribution in [0, 0.1) is 0 Å². The van der Waals surface area contributed by atoms with E-state index < -0.39 is 0 Å². The van der Waals surface area contributed by atoms with E-state index in [2.05, 4.69) is 0 Å². The largest absolute Gasteiger partial charge is 0.467 e. The van der Waals surface area contributed by atoms with Gasteiger partial charge in [0.1, 0.15) is 10.1 Å². The summed E-state index contributed by atoms with van der Waals surface area (Å²) in [5.74, 6) is 0.649. The maximum Gasteiger partial charge on any atom is 0.266 e. The number of thiocarbonyl (C=S) groups is 1. The smallest absolute Gasteiger partial charge is 0.266 e. The third-order valence-corrected chi connectivity index (χ3v) is 4.70. The molecule has 0 radical (unpaired) electrons. The molecular weight excluding hydrogens is 326 g/mol. The maximum absolute atomic E-state index is 12.5. The van der Waals surface area contributed by atoms with Gasteiger partial charge in [0.05, 0.1) is 17.7 Å². The molecule has 5 heteroatoms. The van der Waals surface area contributed by atoms with E-state index in [1.165, 1.54) is 11.8 Å². The summed E-state index contributed by atoms with van der Waals surface area (Å²) >= 11 is 6.65. The van der Waals surface area contributed by atoms with E-state index in [0.29, 0.717) is 15.8 Å². The number of carbonyl (C=O) groups excluding carboxylic acids is 1. The number of nitrogens with zero attached hydrogens (tertiary/aromatic N) is 1. The van der Waals surface area contributed by atoms with Crippen LogP contribution in [-0.4, -0.2) is 15.1 Å². The van der Waals surface area contributed by atoms with E-state index in [1.807, 2.05) is 55.5 Å². The Kier molecular flexibility index (Phi) is 4.79. The molecule has 1 aliphatic heterocycles. The van der Waals surface area contributed by atoms with Crippen molar-refractivity contribution in [2.45, 2.75) is 13.5 Å². The number of benzene rings is 1. The van der Waals surface area contributed by atoms with Crippen LogP contribution in [0.15, 0.2) is 69.7 Å². The van der Waals surface area contributed by atoms with Crippen molar-refractivity contribution < 1.29 is 9.21 Å². The van der Waals surface area contributed by atoms with E-state index in [0.717, 1.165) is 16.9 Å². The Balaban J connectivity index is 1.77. The summed E-state index contributed by atoms with van der Waals surface area (Å²) in [6.07, 6.45) is 5.52. The molecule has 3 nitrogen and oxygen atoms in total. The predicted octanol–water partition coefficient (Wildman–Crippen LogP) is 4.63. The molecule has 0 atom stereocenters. The SMILES string of the molecule is CC(=Cc1ccccc1)C=C1SC(=S)N(Cc2ccco2)C1=O. The zero-order valence-electron chi connectivity index (χ0n) is 12.6. The summed E-state index contributed by atoms with van der Waals surface area (Å²) in [5.41, 5.74) is 2.11. The lowest BCUT2D eigenvalue weighted by atomic mass is 10.1. The Hall–Kier alpha value is -2.11. The zero-order valence-corrected chi connectivity index (χ0v) is 14.2. The van der Waals surface area contributed by atoms with Crippen LogP contribution in [0.3, 0.4) is 0 Å². The Labute approximate surface area is 144 Å². The second-order valence-electron chi connectivity index (χ2n) is 5.15. The molecule has 2 aromatic rings. The van der Waals surface area contributed by atoms with Gasteiger partial charge in [0.2, 0.25) is 0 Å². The molecule has 0 unspecified atom stereocenters. The van der Waals surface area contributed by atoms with E-state index in [-0.39, 0.29) is 5.91 Å². The molecule has 0 N–H and O–H groups in total. The summed E-state index contributed by atoms with van der Waals surface area (Å²) < 4.78 is 5.85. The second kappa shape index (κ2) is 6.98. The number of furan rings is 1. The van der Waals surface area contributed by atoms with Gasteiger partial charge in [0, 0.05) is 0 Å². The van der Waals surface area contributed by atoms with Crippen LogP contribution in [0.1, 0.15) is 18.2 Å². The molecule has 1 fully saturated rings. The van der Waals surface area contributed by atoms with Gasteiger partial charge in [-0.3, -0.25) is 9.69 Å². The molecule has 23 heavy (non-hydrogen) atoms. The van der Waals surface area contributed by atoms with Crippen LogP contribution >= 0.6 is 24.0 Å². The van der Waals surface area contributed by atoms with Crippen molar-refractivity contribution >= 4 is 40.3 Å². The summed E-state index contributed by atoms with van der Waals surface area (Å²) in [5, 5.41) is 0. The molecule has 1 aromatic heterocycles. The second-order valence-corrected chi connectivity index (χ2v) is 6.82. The normalized spacial score (nSPS) is 17.3. The monoisotopic (exact) mass is 341 g/mol. The van der Waals surface area contributed by atoms with Crippen molar-refractivity contribution in [1.29, 1.82) is 0 Å². The first-order chi connectivity index (χ1) is 11.1. The lowest BCUT2D eigenvalue weighted by molar-refractivity contribution is -0.122. The summed E-state index contributed by atoms with van der Waals surface area (Å²) in [6, 6.07) is 13.6. The highest BCUT2D eigenvalue weighted by Crippen LogP contribution is 2.33. The van der Waals surface area contributed by atoms with Crippen molar-refractivity contribution in [2.24, 2.45) is 0 Å². The molecule has 1 aliphatic rings. The van der Waals surface area contributed by atoms with Gasteiger partial charge in [-0.15, -0.1) is 0 Å². The van der Waals surface area contributed by atoms with Gasteiger partial charge in [0.15, 0.2) is 0 Å². The fourth-order valence-electron chi connectivity index (χ4n) is 2.26. The Bertz CT molecular complexity index is 777. The van der Waals surface area contributed by atoms with Crippen molar-refractivity contribution in [3.63, 3.8) is 0 Å². The van der Waals surface area contributed by atoms with Gasteiger partial charge in [-0.25, -0.2) is 0 Å². The lowest BCUT2D eigenvalue weighted by Crippen LogP contribution is -2.27. The first-order valence-electron chi connectivity index (χ1n) is 7.14. The molecule has 116 valence electrons. The van der Waals surface area contributed by atoms with Gasteiger partial charge < -0.3 is 4.42 Å². The fourth-order valence-corrected chi connectivity index (χ4v) is 3.56. The molecule has 0 saturated carbocycles. The van der Waals surface area contributed by atoms with Crippen molar-refractivity contribution in [3.8, 4) is 0 Å². The zero-order chi connectivity index (χ0) is 16.2. The third kappa shape index (κ3) is 3.81. The van der Waals surface area contributed by atoms with Crippen LogP contribution in [-0.2, 0) is 11.3 Å². The molecule has 1 amide bonds. The quantitative estimate of drug-likeness (QED) is 0.600. The number of amides is 1. The van der Waals surface area contributed by atoms with Crippen LogP contribution in [0.25, 0.3) is 6.08 Å². The molecule has 0 aliphatic carbocycles. The van der Waals surface area contributed by atoms with Crippen LogP contribution in [0.4, 0.5) is 0 Å². The Morgan fingerprint density at radius 3 is 2.74 bits per heavy atom. The number of thioether (sulfide) groups is 1. The standard InChI is InChI=1S/C18H15NO2S2/c1-13(10-14-6-3-2-4-7-14)11-16-17(20)19(18(22)23-16)12-15-8-5-9-21-15/h2-11H,12H2,1H3. The maximum atomic E-state index is 12.5. The number of rotatable bonds is 4.